The molecule has 3 aromatic rings. The van der Waals surface area contributed by atoms with Gasteiger partial charge in [0.1, 0.15) is 6.17 Å². The van der Waals surface area contributed by atoms with Gasteiger partial charge in [0.2, 0.25) is 0 Å². The van der Waals surface area contributed by atoms with E-state index in [1.54, 1.807) is 30.3 Å². The highest BCUT2D eigenvalue weighted by atomic mass is 32.3. The summed E-state index contributed by atoms with van der Waals surface area (Å²) in [6.07, 6.45) is -1.80. The van der Waals surface area contributed by atoms with Gasteiger partial charge in [0.05, 0.1) is 15.8 Å². The fourth-order valence-electron chi connectivity index (χ4n) is 3.03. The fraction of sp³-hybridized carbons (Fsp3) is 0.143. The second-order valence-electron chi connectivity index (χ2n) is 6.39. The molecule has 0 amide bonds. The third-order valence-electron chi connectivity index (χ3n) is 4.36. The maximum absolute atomic E-state index is 14.8. The van der Waals surface area contributed by atoms with Gasteiger partial charge in [-0.1, -0.05) is 70.4 Å². The Kier molecular flexibility index (Phi) is 6.16. The summed E-state index contributed by atoms with van der Waals surface area (Å²) in [5.41, 5.74) is 0.238. The van der Waals surface area contributed by atoms with Crippen molar-refractivity contribution in [1.82, 2.24) is 3.71 Å². The van der Waals surface area contributed by atoms with E-state index in [9.17, 15) is 21.2 Å². The normalized spacial score (nSPS) is 14.4. The van der Waals surface area contributed by atoms with Gasteiger partial charge in [-0.05, 0) is 36.8 Å². The van der Waals surface area contributed by atoms with Crippen LogP contribution in [0.2, 0.25) is 0 Å². The van der Waals surface area contributed by atoms with Crippen molar-refractivity contribution in [2.24, 2.45) is 0 Å². The van der Waals surface area contributed by atoms with Crippen LogP contribution in [0.4, 0.5) is 4.39 Å². The quantitative estimate of drug-likeness (QED) is 0.561. The maximum atomic E-state index is 14.8. The average Bonchev–Trinajstić information content (AvgIpc) is 2.73. The molecule has 5 nitrogen and oxygen atoms in total. The minimum atomic E-state index is -4.59. The molecule has 3 aromatic carbocycles. The number of hydrogen-bond donors (Lipinski definition) is 0. The van der Waals surface area contributed by atoms with Crippen molar-refractivity contribution < 1.29 is 21.2 Å². The van der Waals surface area contributed by atoms with E-state index in [1.165, 1.54) is 60.7 Å². The predicted octanol–water partition coefficient (Wildman–Crippen LogP) is 4.17. The van der Waals surface area contributed by atoms with Crippen LogP contribution < -0.4 is 0 Å². The molecule has 8 heteroatoms. The highest BCUT2D eigenvalue weighted by Gasteiger charge is 2.45. The molecule has 0 saturated heterocycles. The lowest BCUT2D eigenvalue weighted by molar-refractivity contribution is 0.245. The Morgan fingerprint density at radius 2 is 1.00 bits per heavy atom. The van der Waals surface area contributed by atoms with Gasteiger partial charge in [-0.15, -0.1) is 0 Å². The minimum absolute atomic E-state index is 0.235. The van der Waals surface area contributed by atoms with Crippen LogP contribution in [0.5, 0.6) is 0 Å². The van der Waals surface area contributed by atoms with Crippen LogP contribution in [0.3, 0.4) is 0 Å². The SMILES string of the molecule is C[C@H](F)[C@@H](c1ccccc1)N(S(=O)(=O)c1ccccc1)S(=O)(=O)c1ccccc1. The van der Waals surface area contributed by atoms with E-state index in [-0.39, 0.29) is 15.4 Å². The largest absolute Gasteiger partial charge is 0.257 e. The molecule has 2 atom stereocenters. The fourth-order valence-corrected chi connectivity index (χ4v) is 7.17. The highest BCUT2D eigenvalue weighted by Crippen LogP contribution is 2.37. The summed E-state index contributed by atoms with van der Waals surface area (Å²) >= 11 is 0. The Balaban J connectivity index is 2.30. The van der Waals surface area contributed by atoms with Crippen LogP contribution in [0.15, 0.2) is 101 Å². The number of halogens is 1. The van der Waals surface area contributed by atoms with Gasteiger partial charge in [0.15, 0.2) is 0 Å². The maximum Gasteiger partial charge on any atom is 0.257 e. The van der Waals surface area contributed by atoms with Crippen LogP contribution in [0.1, 0.15) is 18.5 Å². The second kappa shape index (κ2) is 8.44. The predicted molar refractivity (Wildman–Crippen MR) is 109 cm³/mol. The van der Waals surface area contributed by atoms with E-state index < -0.39 is 32.3 Å². The van der Waals surface area contributed by atoms with Gasteiger partial charge in [-0.3, -0.25) is 0 Å². The molecule has 0 radical (unpaired) electrons. The zero-order valence-corrected chi connectivity index (χ0v) is 17.2. The molecule has 29 heavy (non-hydrogen) atoms. The second-order valence-corrected chi connectivity index (χ2v) is 10.3. The first-order valence-electron chi connectivity index (χ1n) is 8.85. The number of alkyl halides is 1. The summed E-state index contributed by atoms with van der Waals surface area (Å²) in [7, 11) is -9.19. The summed E-state index contributed by atoms with van der Waals surface area (Å²) in [5, 5.41) is 0. The third-order valence-corrected chi connectivity index (χ3v) is 8.67. The minimum Gasteiger partial charge on any atom is -0.246 e. The van der Waals surface area contributed by atoms with E-state index in [4.69, 9.17) is 0 Å². The Morgan fingerprint density at radius 1 is 0.655 bits per heavy atom. The van der Waals surface area contributed by atoms with Crippen LogP contribution >= 0.6 is 0 Å². The van der Waals surface area contributed by atoms with E-state index in [0.717, 1.165) is 6.92 Å². The number of nitrogens with zero attached hydrogens (tertiary/aromatic N) is 1. The molecule has 0 aliphatic heterocycles. The Morgan fingerprint density at radius 3 is 1.34 bits per heavy atom. The molecule has 0 aliphatic carbocycles. The summed E-state index contributed by atoms with van der Waals surface area (Å²) in [6.45, 7) is 1.14. The first kappa shape index (κ1) is 21.2. The van der Waals surface area contributed by atoms with Crippen LogP contribution in [-0.4, -0.2) is 26.7 Å². The molecular formula is C21H20FNO4S2. The standard InChI is InChI=1S/C21H20FNO4S2/c1-17(22)21(18-11-5-2-6-12-18)23(28(24,25)19-13-7-3-8-14-19)29(26,27)20-15-9-4-10-16-20/h2-17,21H,1H3/t17-,21-/m0/s1. The van der Waals surface area contributed by atoms with Crippen molar-refractivity contribution in [2.45, 2.75) is 28.9 Å². The molecule has 0 unspecified atom stereocenters. The Hall–Kier alpha value is -2.55. The summed E-state index contributed by atoms with van der Waals surface area (Å²) < 4.78 is 68.9. The van der Waals surface area contributed by atoms with Gasteiger partial charge in [0, 0.05) is 0 Å². The van der Waals surface area contributed by atoms with Gasteiger partial charge in [0.25, 0.3) is 20.0 Å². The summed E-state index contributed by atoms with van der Waals surface area (Å²) in [6, 6.07) is 20.6. The summed E-state index contributed by atoms with van der Waals surface area (Å²) in [5.74, 6) is 0. The smallest absolute Gasteiger partial charge is 0.246 e. The number of rotatable bonds is 7. The number of benzene rings is 3. The van der Waals surface area contributed by atoms with E-state index in [0.29, 0.717) is 3.71 Å². The van der Waals surface area contributed by atoms with Gasteiger partial charge < -0.3 is 0 Å². The molecule has 0 fully saturated rings. The van der Waals surface area contributed by atoms with E-state index in [2.05, 4.69) is 0 Å². The molecule has 0 aliphatic rings. The zero-order valence-electron chi connectivity index (χ0n) is 15.6. The third kappa shape index (κ3) is 4.24. The lowest BCUT2D eigenvalue weighted by atomic mass is 10.0. The average molecular weight is 434 g/mol. The molecule has 0 bridgehead atoms. The number of sulfonamides is 2. The first-order valence-corrected chi connectivity index (χ1v) is 11.7. The molecule has 0 heterocycles. The van der Waals surface area contributed by atoms with Gasteiger partial charge in [-0.25, -0.2) is 21.2 Å². The molecule has 0 aromatic heterocycles. The lowest BCUT2D eigenvalue weighted by Crippen LogP contribution is -2.43. The van der Waals surface area contributed by atoms with Crippen molar-refractivity contribution in [1.29, 1.82) is 0 Å². The molecular weight excluding hydrogens is 413 g/mol. The van der Waals surface area contributed by atoms with Crippen molar-refractivity contribution in [2.75, 3.05) is 0 Å². The van der Waals surface area contributed by atoms with Gasteiger partial charge in [-0.2, -0.15) is 0 Å². The van der Waals surface area contributed by atoms with Gasteiger partial charge >= 0.3 is 0 Å². The van der Waals surface area contributed by atoms with Crippen LogP contribution in [0, 0.1) is 0 Å². The van der Waals surface area contributed by atoms with E-state index in [1.807, 2.05) is 0 Å². The molecule has 3 rings (SSSR count). The van der Waals surface area contributed by atoms with Crippen molar-refractivity contribution in [3.8, 4) is 0 Å². The molecule has 0 saturated carbocycles. The van der Waals surface area contributed by atoms with Crippen molar-refractivity contribution in [3.05, 3.63) is 96.6 Å². The highest BCUT2D eigenvalue weighted by molar-refractivity contribution is 8.04. The number of hydrogen-bond acceptors (Lipinski definition) is 4. The van der Waals surface area contributed by atoms with Crippen molar-refractivity contribution in [3.63, 3.8) is 0 Å². The molecule has 0 N–H and O–H groups in total. The Bertz CT molecular complexity index is 1080. The van der Waals surface area contributed by atoms with E-state index >= 15 is 0 Å². The molecule has 152 valence electrons. The zero-order chi connectivity index (χ0) is 21.1. The molecule has 0 spiro atoms. The first-order chi connectivity index (χ1) is 13.8. The monoisotopic (exact) mass is 433 g/mol. The summed E-state index contributed by atoms with van der Waals surface area (Å²) in [4.78, 5) is -0.470. The Labute approximate surface area is 170 Å². The van der Waals surface area contributed by atoms with Crippen LogP contribution in [0.25, 0.3) is 0 Å². The van der Waals surface area contributed by atoms with Crippen LogP contribution in [-0.2, 0) is 20.0 Å². The lowest BCUT2D eigenvalue weighted by Gasteiger charge is -2.31. The topological polar surface area (TPSA) is 71.5 Å². The van der Waals surface area contributed by atoms with Crippen molar-refractivity contribution >= 4 is 20.0 Å².